The number of aryl methyl sites for hydroxylation is 1. The molecule has 0 aromatic heterocycles. The lowest BCUT2D eigenvalue weighted by Gasteiger charge is -2.26. The minimum Gasteiger partial charge on any atom is -0.313 e. The van der Waals surface area contributed by atoms with Crippen molar-refractivity contribution in [1.29, 1.82) is 0 Å². The summed E-state index contributed by atoms with van der Waals surface area (Å²) < 4.78 is 0. The summed E-state index contributed by atoms with van der Waals surface area (Å²) >= 11 is 0. The number of hydrogen-bond acceptors (Lipinski definition) is 1. The summed E-state index contributed by atoms with van der Waals surface area (Å²) in [6, 6.07) is 9.72. The zero-order valence-corrected chi connectivity index (χ0v) is 13.6. The van der Waals surface area contributed by atoms with E-state index in [0.717, 1.165) is 12.5 Å². The number of fused-ring (bicyclic) bond motifs is 1. The van der Waals surface area contributed by atoms with Crippen LogP contribution in [0.5, 0.6) is 0 Å². The molecule has 2 rings (SSSR count). The summed E-state index contributed by atoms with van der Waals surface area (Å²) in [6.45, 7) is 7.22. The van der Waals surface area contributed by atoms with E-state index in [1.54, 1.807) is 11.1 Å². The molecule has 116 valence electrons. The van der Waals surface area contributed by atoms with Crippen LogP contribution in [-0.2, 0) is 6.42 Å². The Hall–Kier alpha value is -1.08. The molecule has 1 N–H and O–H groups in total. The molecule has 1 aliphatic carbocycles. The Labute approximate surface area is 130 Å². The van der Waals surface area contributed by atoms with E-state index in [0.29, 0.717) is 6.04 Å². The van der Waals surface area contributed by atoms with Gasteiger partial charge in [0, 0.05) is 6.04 Å². The summed E-state index contributed by atoms with van der Waals surface area (Å²) in [5, 5.41) is 3.82. The maximum Gasteiger partial charge on any atom is 0.0136 e. The Morgan fingerprint density at radius 2 is 2.14 bits per heavy atom. The van der Waals surface area contributed by atoms with Gasteiger partial charge in [0.15, 0.2) is 0 Å². The zero-order chi connectivity index (χ0) is 14.9. The van der Waals surface area contributed by atoms with Gasteiger partial charge in [-0.2, -0.15) is 0 Å². The fourth-order valence-corrected chi connectivity index (χ4v) is 3.61. The lowest BCUT2D eigenvalue weighted by molar-refractivity contribution is 0.391. The van der Waals surface area contributed by atoms with E-state index < -0.39 is 0 Å². The first kappa shape index (κ1) is 16.3. The van der Waals surface area contributed by atoms with Gasteiger partial charge in [-0.15, -0.1) is 6.58 Å². The van der Waals surface area contributed by atoms with Crippen LogP contribution in [-0.4, -0.2) is 12.6 Å². The van der Waals surface area contributed by atoms with E-state index in [-0.39, 0.29) is 0 Å². The van der Waals surface area contributed by atoms with Crippen LogP contribution in [0.25, 0.3) is 0 Å². The van der Waals surface area contributed by atoms with Gasteiger partial charge < -0.3 is 5.32 Å². The van der Waals surface area contributed by atoms with Gasteiger partial charge in [-0.05, 0) is 62.1 Å². The number of allylic oxidation sites excluding steroid dienone is 1. The van der Waals surface area contributed by atoms with Crippen molar-refractivity contribution in [3.63, 3.8) is 0 Å². The van der Waals surface area contributed by atoms with Crippen molar-refractivity contribution in [2.75, 3.05) is 6.54 Å². The monoisotopic (exact) mass is 285 g/mol. The molecule has 0 saturated carbocycles. The molecule has 0 aliphatic heterocycles. The molecule has 1 heteroatoms. The van der Waals surface area contributed by atoms with E-state index in [2.05, 4.69) is 43.1 Å². The third-order valence-electron chi connectivity index (χ3n) is 4.74. The molecule has 0 spiro atoms. The molecule has 2 atom stereocenters. The predicted molar refractivity (Wildman–Crippen MR) is 92.9 cm³/mol. The first-order valence-electron chi connectivity index (χ1n) is 8.79. The second kappa shape index (κ2) is 9.04. The van der Waals surface area contributed by atoms with Crippen LogP contribution in [0.1, 0.15) is 68.9 Å². The first-order chi connectivity index (χ1) is 10.4. The zero-order valence-electron chi connectivity index (χ0n) is 13.6. The number of hydrogen-bond donors (Lipinski definition) is 1. The van der Waals surface area contributed by atoms with Gasteiger partial charge in [0.05, 0.1) is 0 Å². The summed E-state index contributed by atoms with van der Waals surface area (Å²) in [7, 11) is 0. The van der Waals surface area contributed by atoms with Gasteiger partial charge in [-0.25, -0.2) is 0 Å². The molecule has 0 amide bonds. The molecule has 0 radical (unpaired) electrons. The van der Waals surface area contributed by atoms with Crippen molar-refractivity contribution in [1.82, 2.24) is 5.32 Å². The van der Waals surface area contributed by atoms with Crippen molar-refractivity contribution in [3.8, 4) is 0 Å². The fraction of sp³-hybridized carbons (Fsp3) is 0.600. The van der Waals surface area contributed by atoms with Gasteiger partial charge in [-0.1, -0.05) is 50.1 Å². The van der Waals surface area contributed by atoms with Crippen molar-refractivity contribution in [2.45, 2.75) is 70.3 Å². The molecule has 1 aromatic carbocycles. The van der Waals surface area contributed by atoms with Crippen LogP contribution in [0.4, 0.5) is 0 Å². The van der Waals surface area contributed by atoms with Crippen molar-refractivity contribution in [2.24, 2.45) is 0 Å². The normalized spacial score (nSPS) is 18.4. The fourth-order valence-electron chi connectivity index (χ4n) is 3.61. The summed E-state index contributed by atoms with van der Waals surface area (Å²) in [5.41, 5.74) is 3.19. The number of benzene rings is 1. The molecule has 0 heterocycles. The summed E-state index contributed by atoms with van der Waals surface area (Å²) in [5.74, 6) is 0.729. The molecular formula is C20H31N. The molecule has 2 unspecified atom stereocenters. The van der Waals surface area contributed by atoms with Crippen LogP contribution in [0.2, 0.25) is 0 Å². The van der Waals surface area contributed by atoms with Crippen LogP contribution in [0.15, 0.2) is 36.9 Å². The molecular weight excluding hydrogens is 254 g/mol. The maximum absolute atomic E-state index is 3.82. The minimum atomic E-state index is 0.664. The standard InChI is InChI=1S/C20H31N/c1-3-5-6-7-8-13-20(21-16-4-2)19-15-14-17-11-9-10-12-18(17)19/h3,9-12,19-21H,1,4-8,13-16H2,2H3. The predicted octanol–water partition coefficient (Wildman–Crippen LogP) is 5.22. The van der Waals surface area contributed by atoms with Gasteiger partial charge in [0.2, 0.25) is 0 Å². The molecule has 1 aliphatic rings. The topological polar surface area (TPSA) is 12.0 Å². The smallest absolute Gasteiger partial charge is 0.0136 e. The van der Waals surface area contributed by atoms with E-state index >= 15 is 0 Å². The maximum atomic E-state index is 3.82. The minimum absolute atomic E-state index is 0.664. The highest BCUT2D eigenvalue weighted by atomic mass is 14.9. The Bertz CT molecular complexity index is 424. The molecule has 0 saturated heterocycles. The molecule has 1 nitrogen and oxygen atoms in total. The Balaban J connectivity index is 1.91. The molecule has 0 fully saturated rings. The number of unbranched alkanes of at least 4 members (excludes halogenated alkanes) is 3. The van der Waals surface area contributed by atoms with Crippen molar-refractivity contribution in [3.05, 3.63) is 48.0 Å². The highest BCUT2D eigenvalue weighted by molar-refractivity contribution is 5.36. The Morgan fingerprint density at radius 3 is 2.95 bits per heavy atom. The SMILES string of the molecule is C=CCCCCCC(NCCC)C1CCc2ccccc21. The third kappa shape index (κ3) is 4.71. The van der Waals surface area contributed by atoms with Crippen LogP contribution in [0, 0.1) is 0 Å². The summed E-state index contributed by atoms with van der Waals surface area (Å²) in [4.78, 5) is 0. The number of rotatable bonds is 10. The highest BCUT2D eigenvalue weighted by Gasteiger charge is 2.28. The van der Waals surface area contributed by atoms with E-state index in [1.165, 1.54) is 51.4 Å². The van der Waals surface area contributed by atoms with Gasteiger partial charge in [-0.3, -0.25) is 0 Å². The van der Waals surface area contributed by atoms with Gasteiger partial charge in [0.1, 0.15) is 0 Å². The van der Waals surface area contributed by atoms with Crippen molar-refractivity contribution >= 4 is 0 Å². The highest BCUT2D eigenvalue weighted by Crippen LogP contribution is 2.36. The molecule has 21 heavy (non-hydrogen) atoms. The van der Waals surface area contributed by atoms with E-state index in [1.807, 2.05) is 6.08 Å². The van der Waals surface area contributed by atoms with Crippen LogP contribution >= 0.6 is 0 Å². The lowest BCUT2D eigenvalue weighted by atomic mass is 9.89. The van der Waals surface area contributed by atoms with E-state index in [9.17, 15) is 0 Å². The quantitative estimate of drug-likeness (QED) is 0.459. The largest absolute Gasteiger partial charge is 0.313 e. The summed E-state index contributed by atoms with van der Waals surface area (Å²) in [6.07, 6.45) is 12.3. The third-order valence-corrected chi connectivity index (χ3v) is 4.74. The van der Waals surface area contributed by atoms with E-state index in [4.69, 9.17) is 0 Å². The van der Waals surface area contributed by atoms with Gasteiger partial charge >= 0.3 is 0 Å². The van der Waals surface area contributed by atoms with Crippen molar-refractivity contribution < 1.29 is 0 Å². The van der Waals surface area contributed by atoms with Crippen LogP contribution < -0.4 is 5.32 Å². The number of nitrogens with one attached hydrogen (secondary N) is 1. The molecule has 0 bridgehead atoms. The second-order valence-electron chi connectivity index (χ2n) is 6.33. The average molecular weight is 285 g/mol. The Kier molecular flexibility index (Phi) is 7.02. The first-order valence-corrected chi connectivity index (χ1v) is 8.79. The van der Waals surface area contributed by atoms with Crippen LogP contribution in [0.3, 0.4) is 0 Å². The molecule has 1 aromatic rings. The Morgan fingerprint density at radius 1 is 1.29 bits per heavy atom. The van der Waals surface area contributed by atoms with Gasteiger partial charge in [0.25, 0.3) is 0 Å². The lowest BCUT2D eigenvalue weighted by Crippen LogP contribution is -2.34. The second-order valence-corrected chi connectivity index (χ2v) is 6.33. The average Bonchev–Trinajstić information content (AvgIpc) is 2.94.